The first kappa shape index (κ1) is 22.4. The van der Waals surface area contributed by atoms with E-state index < -0.39 is 9.84 Å². The number of carbonyl (C=O) groups is 2. The molecule has 1 heterocycles. The number of aryl methyl sites for hydroxylation is 3. The SMILES string of the molecule is Cc1cc(C)c(NC(=O)CCS(=O)(=O)c2ccc3c(c2)NC(=O)[C@H](C)CS3)c(C)c1. The first-order chi connectivity index (χ1) is 14.1. The molecule has 8 heteroatoms. The van der Waals surface area contributed by atoms with Crippen molar-refractivity contribution in [2.45, 2.75) is 43.9 Å². The van der Waals surface area contributed by atoms with Crippen LogP contribution in [-0.4, -0.2) is 31.7 Å². The Labute approximate surface area is 181 Å². The average molecular weight is 447 g/mol. The number of amides is 2. The lowest BCUT2D eigenvalue weighted by molar-refractivity contribution is -0.118. The number of rotatable bonds is 5. The van der Waals surface area contributed by atoms with Gasteiger partial charge in [-0.2, -0.15) is 0 Å². The molecule has 2 amide bonds. The van der Waals surface area contributed by atoms with Gasteiger partial charge >= 0.3 is 0 Å². The van der Waals surface area contributed by atoms with Crippen molar-refractivity contribution in [2.24, 2.45) is 5.92 Å². The third-order valence-corrected chi connectivity index (χ3v) is 8.09. The molecule has 1 aliphatic heterocycles. The van der Waals surface area contributed by atoms with Crippen LogP contribution in [-0.2, 0) is 19.4 Å². The second-order valence-electron chi connectivity index (χ2n) is 7.75. The van der Waals surface area contributed by atoms with Crippen LogP contribution in [0, 0.1) is 26.7 Å². The predicted octanol–water partition coefficient (Wildman–Crippen LogP) is 4.09. The van der Waals surface area contributed by atoms with Gasteiger partial charge in [-0.15, -0.1) is 11.8 Å². The van der Waals surface area contributed by atoms with Crippen LogP contribution in [0.25, 0.3) is 0 Å². The summed E-state index contributed by atoms with van der Waals surface area (Å²) in [6.07, 6.45) is -0.148. The van der Waals surface area contributed by atoms with Crippen LogP contribution in [0.5, 0.6) is 0 Å². The standard InChI is InChI=1S/C22H26N2O4S2/c1-13-9-14(2)21(15(3)10-13)24-20(25)7-8-30(27,28)17-5-6-19-18(11-17)23-22(26)16(4)12-29-19/h5-6,9-11,16H,7-8,12H2,1-4H3,(H,23,26)(H,24,25)/t16-/m1/s1. The third-order valence-electron chi connectivity index (χ3n) is 5.04. The fraction of sp³-hybridized carbons (Fsp3) is 0.364. The minimum absolute atomic E-state index is 0.104. The summed E-state index contributed by atoms with van der Waals surface area (Å²) in [6, 6.07) is 8.68. The molecule has 0 unspecified atom stereocenters. The zero-order valence-electron chi connectivity index (χ0n) is 17.5. The number of hydrogen-bond donors (Lipinski definition) is 2. The molecule has 0 aliphatic carbocycles. The van der Waals surface area contributed by atoms with Gasteiger partial charge < -0.3 is 10.6 Å². The fourth-order valence-corrected chi connectivity index (χ4v) is 5.67. The maximum atomic E-state index is 12.8. The zero-order valence-corrected chi connectivity index (χ0v) is 19.2. The lowest BCUT2D eigenvalue weighted by Gasteiger charge is -2.13. The van der Waals surface area contributed by atoms with Crippen LogP contribution >= 0.6 is 11.8 Å². The largest absolute Gasteiger partial charge is 0.326 e. The van der Waals surface area contributed by atoms with Crippen molar-refractivity contribution in [2.75, 3.05) is 22.1 Å². The van der Waals surface area contributed by atoms with E-state index in [1.165, 1.54) is 23.9 Å². The van der Waals surface area contributed by atoms with Gasteiger partial charge in [-0.1, -0.05) is 24.6 Å². The van der Waals surface area contributed by atoms with E-state index in [0.717, 1.165) is 27.3 Å². The van der Waals surface area contributed by atoms with Crippen LogP contribution in [0.3, 0.4) is 0 Å². The minimum Gasteiger partial charge on any atom is -0.326 e. The van der Waals surface area contributed by atoms with Crippen molar-refractivity contribution in [1.29, 1.82) is 0 Å². The molecular formula is C22H26N2O4S2. The quantitative estimate of drug-likeness (QED) is 0.722. The molecule has 0 spiro atoms. The summed E-state index contributed by atoms with van der Waals surface area (Å²) in [5.41, 5.74) is 4.22. The fourth-order valence-electron chi connectivity index (χ4n) is 3.40. The normalized spacial score (nSPS) is 16.4. The Morgan fingerprint density at radius 1 is 1.17 bits per heavy atom. The maximum absolute atomic E-state index is 12.8. The topological polar surface area (TPSA) is 92.3 Å². The Morgan fingerprint density at radius 2 is 1.83 bits per heavy atom. The van der Waals surface area contributed by atoms with E-state index in [1.807, 2.05) is 39.8 Å². The molecule has 160 valence electrons. The predicted molar refractivity (Wildman–Crippen MR) is 121 cm³/mol. The first-order valence-corrected chi connectivity index (χ1v) is 12.4. The molecule has 1 atom stereocenters. The number of benzene rings is 2. The highest BCUT2D eigenvalue weighted by Crippen LogP contribution is 2.34. The lowest BCUT2D eigenvalue weighted by atomic mass is 10.1. The summed E-state index contributed by atoms with van der Waals surface area (Å²) in [7, 11) is -3.67. The van der Waals surface area contributed by atoms with E-state index in [2.05, 4.69) is 10.6 Å². The van der Waals surface area contributed by atoms with Crippen LogP contribution in [0.1, 0.15) is 30.0 Å². The van der Waals surface area contributed by atoms with Gasteiger partial charge in [-0.25, -0.2) is 8.42 Å². The number of anilines is 2. The third kappa shape index (κ3) is 5.05. The molecule has 1 aliphatic rings. The minimum atomic E-state index is -3.67. The molecule has 0 saturated heterocycles. The second-order valence-corrected chi connectivity index (χ2v) is 10.9. The molecule has 2 N–H and O–H groups in total. The van der Waals surface area contributed by atoms with E-state index in [0.29, 0.717) is 11.4 Å². The van der Waals surface area contributed by atoms with Crippen LogP contribution < -0.4 is 10.6 Å². The van der Waals surface area contributed by atoms with Gasteiger partial charge in [0.25, 0.3) is 0 Å². The van der Waals surface area contributed by atoms with E-state index in [9.17, 15) is 18.0 Å². The molecule has 0 saturated carbocycles. The highest BCUT2D eigenvalue weighted by molar-refractivity contribution is 7.99. The monoisotopic (exact) mass is 446 g/mol. The summed E-state index contributed by atoms with van der Waals surface area (Å²) in [5.74, 6) is -0.290. The number of thioether (sulfide) groups is 1. The van der Waals surface area contributed by atoms with Crippen LogP contribution in [0.15, 0.2) is 40.1 Å². The molecule has 2 aromatic rings. The van der Waals surface area contributed by atoms with Crippen molar-refractivity contribution in [3.63, 3.8) is 0 Å². The smallest absolute Gasteiger partial charge is 0.228 e. The van der Waals surface area contributed by atoms with Crippen LogP contribution in [0.4, 0.5) is 11.4 Å². The molecular weight excluding hydrogens is 420 g/mol. The second kappa shape index (κ2) is 8.81. The number of nitrogens with one attached hydrogen (secondary N) is 2. The van der Waals surface area contributed by atoms with Crippen molar-refractivity contribution in [1.82, 2.24) is 0 Å². The average Bonchev–Trinajstić information content (AvgIpc) is 2.81. The number of carbonyl (C=O) groups excluding carboxylic acids is 2. The van der Waals surface area contributed by atoms with Crippen molar-refractivity contribution in [3.8, 4) is 0 Å². The first-order valence-electron chi connectivity index (χ1n) is 9.75. The summed E-state index contributed by atoms with van der Waals surface area (Å²) in [4.78, 5) is 25.4. The van der Waals surface area contributed by atoms with Gasteiger partial charge in [-0.05, 0) is 50.1 Å². The van der Waals surface area contributed by atoms with Gasteiger partial charge in [-0.3, -0.25) is 9.59 Å². The summed E-state index contributed by atoms with van der Waals surface area (Å²) in [5, 5.41) is 5.63. The Kier molecular flexibility index (Phi) is 6.57. The van der Waals surface area contributed by atoms with Crippen molar-refractivity contribution < 1.29 is 18.0 Å². The number of fused-ring (bicyclic) bond motifs is 1. The molecule has 0 bridgehead atoms. The highest BCUT2D eigenvalue weighted by Gasteiger charge is 2.23. The number of sulfone groups is 1. The van der Waals surface area contributed by atoms with Crippen LogP contribution in [0.2, 0.25) is 0 Å². The van der Waals surface area contributed by atoms with Crippen molar-refractivity contribution in [3.05, 3.63) is 47.0 Å². The zero-order chi connectivity index (χ0) is 22.1. The van der Waals surface area contributed by atoms with Gasteiger partial charge in [0.15, 0.2) is 9.84 Å². The molecule has 3 rings (SSSR count). The molecule has 6 nitrogen and oxygen atoms in total. The molecule has 0 radical (unpaired) electrons. The Hall–Kier alpha value is -2.32. The van der Waals surface area contributed by atoms with E-state index >= 15 is 0 Å². The number of hydrogen-bond acceptors (Lipinski definition) is 5. The van der Waals surface area contributed by atoms with E-state index in [1.54, 1.807) is 6.07 Å². The van der Waals surface area contributed by atoms with E-state index in [-0.39, 0.29) is 34.8 Å². The van der Waals surface area contributed by atoms with Gasteiger partial charge in [0.05, 0.1) is 16.3 Å². The molecule has 0 fully saturated rings. The maximum Gasteiger partial charge on any atom is 0.228 e. The summed E-state index contributed by atoms with van der Waals surface area (Å²) < 4.78 is 25.6. The Bertz CT molecular complexity index is 1090. The van der Waals surface area contributed by atoms with Gasteiger partial charge in [0, 0.05) is 28.7 Å². The summed E-state index contributed by atoms with van der Waals surface area (Å²) >= 11 is 1.52. The molecule has 2 aromatic carbocycles. The Balaban J connectivity index is 1.71. The molecule has 0 aromatic heterocycles. The Morgan fingerprint density at radius 3 is 2.50 bits per heavy atom. The molecule has 30 heavy (non-hydrogen) atoms. The van der Waals surface area contributed by atoms with Gasteiger partial charge in [0.1, 0.15) is 0 Å². The van der Waals surface area contributed by atoms with Crippen molar-refractivity contribution >= 4 is 44.8 Å². The van der Waals surface area contributed by atoms with Gasteiger partial charge in [0.2, 0.25) is 11.8 Å². The lowest BCUT2D eigenvalue weighted by Crippen LogP contribution is -2.20. The van der Waals surface area contributed by atoms with E-state index in [4.69, 9.17) is 0 Å². The summed E-state index contributed by atoms with van der Waals surface area (Å²) in [6.45, 7) is 7.65. The highest BCUT2D eigenvalue weighted by atomic mass is 32.2.